The maximum Gasteiger partial charge on any atom is 0.0426 e. The normalized spacial score (nSPS) is 10.7. The molecule has 0 aliphatic rings. The summed E-state index contributed by atoms with van der Waals surface area (Å²) in [6, 6.07) is 33.0. The number of benzene rings is 4. The Hall–Kier alpha value is -2.54. The van der Waals surface area contributed by atoms with Gasteiger partial charge in [0.2, 0.25) is 0 Å². The molecular weight excluding hydrogens is 359 g/mol. The zero-order chi connectivity index (χ0) is 17.9. The van der Waals surface area contributed by atoms with Crippen molar-refractivity contribution in [1.82, 2.24) is 0 Å². The maximum absolute atomic E-state index is 6.23. The van der Waals surface area contributed by atoms with Gasteiger partial charge >= 0.3 is 0 Å². The van der Waals surface area contributed by atoms with Gasteiger partial charge in [-0.3, -0.25) is 0 Å². The molecule has 4 aromatic carbocycles. The fourth-order valence-electron chi connectivity index (χ4n) is 3.11. The van der Waals surface area contributed by atoms with Crippen molar-refractivity contribution in [2.45, 2.75) is 0 Å². The first kappa shape index (κ1) is 16.9. The summed E-state index contributed by atoms with van der Waals surface area (Å²) >= 11 is 12.5. The number of hydrogen-bond donors (Lipinski definition) is 0. The highest BCUT2D eigenvalue weighted by molar-refractivity contribution is 6.35. The standard InChI is InChI=1S/C24H16Cl2/c25-23-14-22(15-24(26)16-23)21-12-19(17-7-3-1-4-8-17)11-20(13-21)18-9-5-2-6-10-18/h1-16H. The van der Waals surface area contributed by atoms with Crippen LogP contribution < -0.4 is 0 Å². The Morgan fingerprint density at radius 2 is 0.692 bits per heavy atom. The Morgan fingerprint density at radius 3 is 1.12 bits per heavy atom. The minimum atomic E-state index is 0.638. The molecule has 4 aromatic rings. The van der Waals surface area contributed by atoms with Crippen molar-refractivity contribution in [3.63, 3.8) is 0 Å². The van der Waals surface area contributed by atoms with E-state index in [4.69, 9.17) is 23.2 Å². The molecule has 126 valence electrons. The SMILES string of the molecule is Clc1cc(Cl)cc(-c2cc(-c3ccccc3)cc(-c3ccccc3)c2)c1. The Morgan fingerprint density at radius 1 is 0.346 bits per heavy atom. The van der Waals surface area contributed by atoms with E-state index in [1.807, 2.05) is 24.3 Å². The van der Waals surface area contributed by atoms with Crippen molar-refractivity contribution >= 4 is 23.2 Å². The van der Waals surface area contributed by atoms with E-state index < -0.39 is 0 Å². The molecule has 0 saturated carbocycles. The fourth-order valence-corrected chi connectivity index (χ4v) is 3.64. The van der Waals surface area contributed by atoms with Crippen molar-refractivity contribution in [1.29, 1.82) is 0 Å². The van der Waals surface area contributed by atoms with Gasteiger partial charge in [-0.15, -0.1) is 0 Å². The molecule has 4 rings (SSSR count). The van der Waals surface area contributed by atoms with E-state index in [2.05, 4.69) is 66.7 Å². The highest BCUT2D eigenvalue weighted by Gasteiger charge is 2.08. The summed E-state index contributed by atoms with van der Waals surface area (Å²) in [5, 5.41) is 1.28. The van der Waals surface area contributed by atoms with Gasteiger partial charge in [-0.1, -0.05) is 83.9 Å². The Balaban J connectivity index is 1.93. The topological polar surface area (TPSA) is 0 Å². The molecule has 0 N–H and O–H groups in total. The molecule has 0 amide bonds. The molecule has 0 atom stereocenters. The van der Waals surface area contributed by atoms with Gasteiger partial charge in [0.1, 0.15) is 0 Å². The van der Waals surface area contributed by atoms with Crippen LogP contribution in [0.3, 0.4) is 0 Å². The van der Waals surface area contributed by atoms with Crippen molar-refractivity contribution in [2.24, 2.45) is 0 Å². The van der Waals surface area contributed by atoms with E-state index in [0.717, 1.165) is 22.3 Å². The lowest BCUT2D eigenvalue weighted by Gasteiger charge is -2.12. The van der Waals surface area contributed by atoms with Crippen molar-refractivity contribution in [3.05, 3.63) is 107 Å². The van der Waals surface area contributed by atoms with Gasteiger partial charge in [0.15, 0.2) is 0 Å². The second kappa shape index (κ2) is 7.37. The third kappa shape index (κ3) is 3.67. The zero-order valence-corrected chi connectivity index (χ0v) is 15.5. The van der Waals surface area contributed by atoms with Crippen LogP contribution in [0.4, 0.5) is 0 Å². The monoisotopic (exact) mass is 374 g/mol. The van der Waals surface area contributed by atoms with Gasteiger partial charge in [-0.2, -0.15) is 0 Å². The second-order valence-electron chi connectivity index (χ2n) is 6.19. The van der Waals surface area contributed by atoms with Crippen LogP contribution >= 0.6 is 23.2 Å². The van der Waals surface area contributed by atoms with Crippen LogP contribution in [0.2, 0.25) is 10.0 Å². The third-order valence-corrected chi connectivity index (χ3v) is 4.78. The Bertz CT molecular complexity index is 960. The van der Waals surface area contributed by atoms with Crippen LogP contribution in [0.5, 0.6) is 0 Å². The summed E-state index contributed by atoms with van der Waals surface area (Å²) in [6.45, 7) is 0. The van der Waals surface area contributed by atoms with Gasteiger partial charge in [0.25, 0.3) is 0 Å². The second-order valence-corrected chi connectivity index (χ2v) is 7.06. The summed E-state index contributed by atoms with van der Waals surface area (Å²) in [6.07, 6.45) is 0. The average molecular weight is 375 g/mol. The predicted molar refractivity (Wildman–Crippen MR) is 113 cm³/mol. The van der Waals surface area contributed by atoms with Gasteiger partial charge < -0.3 is 0 Å². The summed E-state index contributed by atoms with van der Waals surface area (Å²) < 4.78 is 0. The van der Waals surface area contributed by atoms with Gasteiger partial charge in [0.05, 0.1) is 0 Å². The molecule has 0 bridgehead atoms. The van der Waals surface area contributed by atoms with Crippen LogP contribution in [-0.4, -0.2) is 0 Å². The van der Waals surface area contributed by atoms with Gasteiger partial charge in [-0.05, 0) is 69.8 Å². The first-order chi connectivity index (χ1) is 12.7. The summed E-state index contributed by atoms with van der Waals surface area (Å²) in [7, 11) is 0. The van der Waals surface area contributed by atoms with E-state index in [0.29, 0.717) is 10.0 Å². The molecular formula is C24H16Cl2. The number of halogens is 2. The molecule has 0 fully saturated rings. The third-order valence-electron chi connectivity index (χ3n) is 4.34. The van der Waals surface area contributed by atoms with Gasteiger partial charge in [-0.25, -0.2) is 0 Å². The summed E-state index contributed by atoms with van der Waals surface area (Å²) in [5.74, 6) is 0. The maximum atomic E-state index is 6.23. The van der Waals surface area contributed by atoms with E-state index >= 15 is 0 Å². The molecule has 0 aliphatic carbocycles. The zero-order valence-electron chi connectivity index (χ0n) is 14.0. The van der Waals surface area contributed by atoms with E-state index in [-0.39, 0.29) is 0 Å². The molecule has 0 aromatic heterocycles. The van der Waals surface area contributed by atoms with Crippen molar-refractivity contribution in [3.8, 4) is 33.4 Å². The number of rotatable bonds is 3. The molecule has 2 heteroatoms. The molecule has 0 saturated heterocycles. The number of hydrogen-bond acceptors (Lipinski definition) is 0. The van der Waals surface area contributed by atoms with E-state index in [1.165, 1.54) is 11.1 Å². The summed E-state index contributed by atoms with van der Waals surface area (Å²) in [5.41, 5.74) is 6.79. The summed E-state index contributed by atoms with van der Waals surface area (Å²) in [4.78, 5) is 0. The van der Waals surface area contributed by atoms with Crippen LogP contribution in [0.25, 0.3) is 33.4 Å². The molecule has 0 heterocycles. The largest absolute Gasteiger partial charge is 0.0843 e. The van der Waals surface area contributed by atoms with Crippen LogP contribution in [-0.2, 0) is 0 Å². The minimum absolute atomic E-state index is 0.638. The molecule has 0 aliphatic heterocycles. The van der Waals surface area contributed by atoms with Crippen LogP contribution in [0.15, 0.2) is 97.1 Å². The predicted octanol–water partition coefficient (Wildman–Crippen LogP) is 7.99. The lowest BCUT2D eigenvalue weighted by atomic mass is 9.93. The molecule has 26 heavy (non-hydrogen) atoms. The molecule has 0 radical (unpaired) electrons. The first-order valence-corrected chi connectivity index (χ1v) is 9.17. The Kier molecular flexibility index (Phi) is 4.79. The minimum Gasteiger partial charge on any atom is -0.0843 e. The van der Waals surface area contributed by atoms with Crippen molar-refractivity contribution in [2.75, 3.05) is 0 Å². The Labute approximate surface area is 163 Å². The average Bonchev–Trinajstić information content (AvgIpc) is 2.68. The van der Waals surface area contributed by atoms with E-state index in [9.17, 15) is 0 Å². The molecule has 0 spiro atoms. The highest BCUT2D eigenvalue weighted by atomic mass is 35.5. The van der Waals surface area contributed by atoms with Crippen LogP contribution in [0.1, 0.15) is 0 Å². The lowest BCUT2D eigenvalue weighted by molar-refractivity contribution is 1.56. The van der Waals surface area contributed by atoms with Crippen LogP contribution in [0, 0.1) is 0 Å². The molecule has 0 unspecified atom stereocenters. The highest BCUT2D eigenvalue weighted by Crippen LogP contribution is 2.34. The quantitative estimate of drug-likeness (QED) is 0.340. The smallest absolute Gasteiger partial charge is 0.0426 e. The fraction of sp³-hybridized carbons (Fsp3) is 0. The lowest BCUT2D eigenvalue weighted by Crippen LogP contribution is -1.86. The first-order valence-electron chi connectivity index (χ1n) is 8.41. The molecule has 0 nitrogen and oxygen atoms in total. The van der Waals surface area contributed by atoms with E-state index in [1.54, 1.807) is 6.07 Å². The van der Waals surface area contributed by atoms with Crippen molar-refractivity contribution < 1.29 is 0 Å². The van der Waals surface area contributed by atoms with Gasteiger partial charge in [0, 0.05) is 10.0 Å².